The zero-order chi connectivity index (χ0) is 25.8. The number of carbonyl (C=O) groups is 3. The maximum Gasteiger partial charge on any atom is 0.326 e. The number of nitrogens with zero attached hydrogens (tertiary/aromatic N) is 3. The summed E-state index contributed by atoms with van der Waals surface area (Å²) in [5.41, 5.74) is 3.36. The van der Waals surface area contributed by atoms with E-state index in [9.17, 15) is 19.5 Å². The van der Waals surface area contributed by atoms with E-state index in [2.05, 4.69) is 15.6 Å². The number of imidazole rings is 1. The van der Waals surface area contributed by atoms with Crippen molar-refractivity contribution in [1.29, 1.82) is 0 Å². The molecule has 2 unspecified atom stereocenters. The molecule has 188 valence electrons. The minimum absolute atomic E-state index is 0.129. The van der Waals surface area contributed by atoms with Gasteiger partial charge in [0.1, 0.15) is 12.1 Å². The molecule has 1 aliphatic rings. The van der Waals surface area contributed by atoms with Crippen LogP contribution in [0.4, 0.5) is 10.7 Å². The molecule has 0 saturated heterocycles. The number of carbonyl (C=O) groups excluding carboxylic acids is 2. The molecule has 9 heteroatoms. The Morgan fingerprint density at radius 1 is 0.784 bits per heavy atom. The van der Waals surface area contributed by atoms with Crippen molar-refractivity contribution in [3.8, 4) is 0 Å². The molecule has 0 spiro atoms. The Hall–Kier alpha value is -4.66. The van der Waals surface area contributed by atoms with Crippen LogP contribution in [0.3, 0.4) is 0 Å². The Balaban J connectivity index is 1.35. The summed E-state index contributed by atoms with van der Waals surface area (Å²) in [7, 11) is 0. The molecule has 1 aliphatic heterocycles. The van der Waals surface area contributed by atoms with Gasteiger partial charge < -0.3 is 20.3 Å². The molecule has 0 fully saturated rings. The summed E-state index contributed by atoms with van der Waals surface area (Å²) in [5, 5.41) is 15.2. The standard InChI is InChI=1S/C28H27N5O4/c34-25(29-23(26(35)36)18-20-11-5-2-6-12-20)22(17-19-9-3-1-4-10-19)31-28(37)33-16-15-32-24-14-8-7-13-21(24)30-27(32)33/h1-14,22-23H,15-18H2,(H,29,34)(H,31,37)(H,35,36). The minimum atomic E-state index is -1.14. The van der Waals surface area contributed by atoms with Gasteiger partial charge in [-0.3, -0.25) is 9.69 Å². The summed E-state index contributed by atoms with van der Waals surface area (Å²) >= 11 is 0. The summed E-state index contributed by atoms with van der Waals surface area (Å²) in [6, 6.07) is 23.5. The van der Waals surface area contributed by atoms with Crippen LogP contribution in [0.5, 0.6) is 0 Å². The van der Waals surface area contributed by atoms with Crippen LogP contribution in [-0.4, -0.2) is 51.2 Å². The molecule has 37 heavy (non-hydrogen) atoms. The molecule has 2 heterocycles. The van der Waals surface area contributed by atoms with Gasteiger partial charge in [0.2, 0.25) is 11.9 Å². The van der Waals surface area contributed by atoms with Gasteiger partial charge in [-0.15, -0.1) is 0 Å². The molecule has 1 aromatic heterocycles. The lowest BCUT2D eigenvalue weighted by Gasteiger charge is -2.24. The topological polar surface area (TPSA) is 117 Å². The number of amides is 3. The fraction of sp³-hybridized carbons (Fsp3) is 0.214. The molecule has 2 atom stereocenters. The van der Waals surface area contributed by atoms with Gasteiger partial charge in [-0.25, -0.2) is 14.6 Å². The fourth-order valence-corrected chi connectivity index (χ4v) is 4.59. The molecule has 0 aliphatic carbocycles. The molecule has 0 saturated carbocycles. The highest BCUT2D eigenvalue weighted by Crippen LogP contribution is 2.27. The van der Waals surface area contributed by atoms with Gasteiger partial charge in [0, 0.05) is 25.9 Å². The summed E-state index contributed by atoms with van der Waals surface area (Å²) in [4.78, 5) is 44.8. The quantitative estimate of drug-likeness (QED) is 0.346. The number of fused-ring (bicyclic) bond motifs is 3. The van der Waals surface area contributed by atoms with E-state index in [1.165, 1.54) is 4.90 Å². The number of rotatable bonds is 8. The minimum Gasteiger partial charge on any atom is -0.480 e. The lowest BCUT2D eigenvalue weighted by atomic mass is 10.0. The van der Waals surface area contributed by atoms with Crippen molar-refractivity contribution in [2.24, 2.45) is 0 Å². The zero-order valence-electron chi connectivity index (χ0n) is 20.1. The van der Waals surface area contributed by atoms with Crippen LogP contribution in [0.15, 0.2) is 84.9 Å². The first-order chi connectivity index (χ1) is 18.0. The third-order valence-electron chi connectivity index (χ3n) is 6.46. The Morgan fingerprint density at radius 2 is 1.38 bits per heavy atom. The molecule has 3 amide bonds. The number of aliphatic carboxylic acids is 1. The van der Waals surface area contributed by atoms with E-state index >= 15 is 0 Å². The van der Waals surface area contributed by atoms with Crippen molar-refractivity contribution >= 4 is 34.9 Å². The number of anilines is 1. The maximum absolute atomic E-state index is 13.4. The van der Waals surface area contributed by atoms with E-state index in [0.29, 0.717) is 19.0 Å². The smallest absolute Gasteiger partial charge is 0.326 e. The van der Waals surface area contributed by atoms with Crippen LogP contribution < -0.4 is 15.5 Å². The Kier molecular flexibility index (Phi) is 6.85. The van der Waals surface area contributed by atoms with E-state index < -0.39 is 30.0 Å². The molecule has 3 N–H and O–H groups in total. The maximum atomic E-state index is 13.4. The van der Waals surface area contributed by atoms with Crippen molar-refractivity contribution in [2.45, 2.75) is 31.5 Å². The molecule has 3 aromatic carbocycles. The van der Waals surface area contributed by atoms with Crippen LogP contribution in [0, 0.1) is 0 Å². The predicted octanol–water partition coefficient (Wildman–Crippen LogP) is 2.99. The number of para-hydroxylation sites is 2. The number of aromatic nitrogens is 2. The van der Waals surface area contributed by atoms with Crippen molar-refractivity contribution in [3.63, 3.8) is 0 Å². The first kappa shape index (κ1) is 24.1. The number of benzene rings is 3. The first-order valence-corrected chi connectivity index (χ1v) is 12.1. The van der Waals surface area contributed by atoms with Gasteiger partial charge in [0.05, 0.1) is 11.0 Å². The van der Waals surface area contributed by atoms with E-state index in [4.69, 9.17) is 0 Å². The van der Waals surface area contributed by atoms with Gasteiger partial charge in [-0.2, -0.15) is 0 Å². The van der Waals surface area contributed by atoms with Gasteiger partial charge in [-0.05, 0) is 23.3 Å². The van der Waals surface area contributed by atoms with Gasteiger partial charge in [0.25, 0.3) is 0 Å². The Morgan fingerprint density at radius 3 is 2.03 bits per heavy atom. The van der Waals surface area contributed by atoms with Crippen molar-refractivity contribution < 1.29 is 19.5 Å². The third-order valence-corrected chi connectivity index (χ3v) is 6.46. The summed E-state index contributed by atoms with van der Waals surface area (Å²) in [6.07, 6.45) is 0.338. The predicted molar refractivity (Wildman–Crippen MR) is 139 cm³/mol. The highest BCUT2D eigenvalue weighted by Gasteiger charge is 2.32. The van der Waals surface area contributed by atoms with Gasteiger partial charge >= 0.3 is 12.0 Å². The number of hydrogen-bond donors (Lipinski definition) is 3. The molecule has 9 nitrogen and oxygen atoms in total. The molecule has 0 radical (unpaired) electrons. The second-order valence-electron chi connectivity index (χ2n) is 8.98. The zero-order valence-corrected chi connectivity index (χ0v) is 20.1. The first-order valence-electron chi connectivity index (χ1n) is 12.1. The lowest BCUT2D eigenvalue weighted by molar-refractivity contribution is -0.142. The summed E-state index contributed by atoms with van der Waals surface area (Å²) in [5.74, 6) is -1.19. The van der Waals surface area contributed by atoms with Crippen LogP contribution in [0.2, 0.25) is 0 Å². The normalized spacial score (nSPS) is 14.1. The fourth-order valence-electron chi connectivity index (χ4n) is 4.59. The van der Waals surface area contributed by atoms with Crippen molar-refractivity contribution in [3.05, 3.63) is 96.1 Å². The molecule has 4 aromatic rings. The second kappa shape index (κ2) is 10.5. The average molecular weight is 498 g/mol. The van der Waals surface area contributed by atoms with Crippen LogP contribution in [-0.2, 0) is 29.0 Å². The number of urea groups is 1. The van der Waals surface area contributed by atoms with E-state index in [1.807, 2.05) is 89.5 Å². The second-order valence-corrected chi connectivity index (χ2v) is 8.98. The molecular formula is C28H27N5O4. The van der Waals surface area contributed by atoms with Crippen molar-refractivity contribution in [2.75, 3.05) is 11.4 Å². The van der Waals surface area contributed by atoms with Gasteiger partial charge in [-0.1, -0.05) is 72.8 Å². The summed E-state index contributed by atoms with van der Waals surface area (Å²) in [6.45, 7) is 1.02. The number of nitrogens with one attached hydrogen (secondary N) is 2. The number of hydrogen-bond acceptors (Lipinski definition) is 4. The Bertz CT molecular complexity index is 1420. The lowest BCUT2D eigenvalue weighted by Crippen LogP contribution is -2.55. The van der Waals surface area contributed by atoms with Crippen LogP contribution in [0.1, 0.15) is 11.1 Å². The molecule has 0 bridgehead atoms. The van der Waals surface area contributed by atoms with E-state index in [-0.39, 0.29) is 12.8 Å². The largest absolute Gasteiger partial charge is 0.480 e. The van der Waals surface area contributed by atoms with Crippen molar-refractivity contribution in [1.82, 2.24) is 20.2 Å². The highest BCUT2D eigenvalue weighted by molar-refractivity contribution is 5.97. The Labute approximate surface area is 213 Å². The SMILES string of the molecule is O=C(O)C(Cc1ccccc1)NC(=O)C(Cc1ccccc1)NC(=O)N1CCn2c1nc1ccccc12. The van der Waals surface area contributed by atoms with Crippen LogP contribution >= 0.6 is 0 Å². The highest BCUT2D eigenvalue weighted by atomic mass is 16.4. The van der Waals surface area contributed by atoms with E-state index in [0.717, 1.165) is 22.2 Å². The summed E-state index contributed by atoms with van der Waals surface area (Å²) < 4.78 is 1.97. The molecule has 5 rings (SSSR count). The third kappa shape index (κ3) is 5.30. The molecular weight excluding hydrogens is 470 g/mol. The van der Waals surface area contributed by atoms with Crippen LogP contribution in [0.25, 0.3) is 11.0 Å². The van der Waals surface area contributed by atoms with E-state index in [1.54, 1.807) is 0 Å². The average Bonchev–Trinajstić information content (AvgIpc) is 3.48. The number of carboxylic acids is 1. The van der Waals surface area contributed by atoms with Gasteiger partial charge in [0.15, 0.2) is 0 Å². The monoisotopic (exact) mass is 497 g/mol. The number of carboxylic acid groups (broad SMARTS) is 1.